The van der Waals surface area contributed by atoms with Crippen LogP contribution in [0.25, 0.3) is 0 Å². The first-order valence-electron chi connectivity index (χ1n) is 8.42. The van der Waals surface area contributed by atoms with E-state index in [1.165, 1.54) is 30.2 Å². The summed E-state index contributed by atoms with van der Waals surface area (Å²) in [4.78, 5) is 42.5. The van der Waals surface area contributed by atoms with Crippen LogP contribution in [0.1, 0.15) is 32.9 Å². The van der Waals surface area contributed by atoms with Gasteiger partial charge in [-0.15, -0.1) is 11.3 Å². The van der Waals surface area contributed by atoms with Gasteiger partial charge in [0.05, 0.1) is 29.1 Å². The number of likely N-dealkylation sites (tertiary alicyclic amines) is 1. The highest BCUT2D eigenvalue weighted by Crippen LogP contribution is 2.24. The number of rotatable bonds is 6. The summed E-state index contributed by atoms with van der Waals surface area (Å²) < 4.78 is 4.69. The van der Waals surface area contributed by atoms with E-state index < -0.39 is 5.97 Å². The number of amides is 2. The second-order valence-electron chi connectivity index (χ2n) is 5.88. The monoisotopic (exact) mass is 405 g/mol. The Hall–Kier alpha value is -2.39. The summed E-state index contributed by atoms with van der Waals surface area (Å²) in [5.41, 5.74) is 1.00. The van der Waals surface area contributed by atoms with Gasteiger partial charge >= 0.3 is 5.97 Å². The Balaban J connectivity index is 1.52. The van der Waals surface area contributed by atoms with Crippen molar-refractivity contribution in [1.29, 1.82) is 0 Å². The summed E-state index contributed by atoms with van der Waals surface area (Å²) in [6, 6.07) is 5.14. The number of carbonyl (C=O) groups excluding carboxylic acids is 3. The Morgan fingerprint density at radius 2 is 2.04 bits per heavy atom. The van der Waals surface area contributed by atoms with Crippen LogP contribution < -0.4 is 5.32 Å². The zero-order chi connectivity index (χ0) is 19.2. The van der Waals surface area contributed by atoms with Crippen LogP contribution in [0.4, 0.5) is 5.69 Å². The first-order chi connectivity index (χ1) is 13.1. The van der Waals surface area contributed by atoms with Gasteiger partial charge in [0.2, 0.25) is 5.91 Å². The van der Waals surface area contributed by atoms with Crippen molar-refractivity contribution in [1.82, 2.24) is 9.88 Å². The van der Waals surface area contributed by atoms with Gasteiger partial charge in [-0.25, -0.2) is 9.78 Å². The second-order valence-corrected chi connectivity index (χ2v) is 7.79. The summed E-state index contributed by atoms with van der Waals surface area (Å²) in [5.74, 6) is -0.583. The van der Waals surface area contributed by atoms with E-state index in [1.54, 1.807) is 29.8 Å². The molecule has 7 nitrogen and oxygen atoms in total. The highest BCUT2D eigenvalue weighted by atomic mass is 32.2. The number of esters is 1. The van der Waals surface area contributed by atoms with Crippen LogP contribution in [0.3, 0.4) is 0 Å². The Kier molecular flexibility index (Phi) is 6.46. The number of thiophene rings is 1. The normalized spacial score (nSPS) is 13.4. The highest BCUT2D eigenvalue weighted by molar-refractivity contribution is 7.99. The van der Waals surface area contributed by atoms with Crippen LogP contribution in [-0.4, -0.2) is 53.6 Å². The van der Waals surface area contributed by atoms with Crippen LogP contribution >= 0.6 is 23.1 Å². The van der Waals surface area contributed by atoms with Crippen molar-refractivity contribution in [2.75, 3.05) is 31.3 Å². The molecule has 3 heterocycles. The number of ether oxygens (including phenoxy) is 1. The van der Waals surface area contributed by atoms with Crippen molar-refractivity contribution in [2.24, 2.45) is 0 Å². The Morgan fingerprint density at radius 1 is 1.26 bits per heavy atom. The smallest absolute Gasteiger partial charge is 0.350 e. The molecule has 0 unspecified atom stereocenters. The van der Waals surface area contributed by atoms with Crippen LogP contribution in [0.2, 0.25) is 0 Å². The molecular weight excluding hydrogens is 386 g/mol. The fraction of sp³-hybridized carbons (Fsp3) is 0.333. The number of carbonyl (C=O) groups is 3. The molecule has 2 amide bonds. The third kappa shape index (κ3) is 4.86. The summed E-state index contributed by atoms with van der Waals surface area (Å²) in [7, 11) is 1.30. The first-order valence-corrected chi connectivity index (χ1v) is 10.3. The zero-order valence-corrected chi connectivity index (χ0v) is 16.4. The van der Waals surface area contributed by atoms with E-state index in [4.69, 9.17) is 0 Å². The lowest BCUT2D eigenvalue weighted by molar-refractivity contribution is -0.113. The van der Waals surface area contributed by atoms with Gasteiger partial charge in [-0.05, 0) is 36.4 Å². The Labute approximate surface area is 165 Å². The average molecular weight is 406 g/mol. The minimum atomic E-state index is -0.479. The van der Waals surface area contributed by atoms with E-state index in [0.29, 0.717) is 21.2 Å². The maximum absolute atomic E-state index is 12.3. The number of thioether (sulfide) groups is 1. The lowest BCUT2D eigenvalue weighted by Crippen LogP contribution is -2.27. The van der Waals surface area contributed by atoms with Crippen molar-refractivity contribution in [3.05, 3.63) is 40.2 Å². The number of nitrogens with zero attached hydrogens (tertiary/aromatic N) is 2. The molecule has 2 aromatic rings. The standard InChI is InChI=1S/C18H19N3O4S2/c1-25-18(24)16-13(6-9-26-16)20-14(22)11-27-15-5-4-12(10-19-15)17(23)21-7-2-3-8-21/h4-6,9-10H,2-3,7-8,11H2,1H3,(H,20,22). The Bertz CT molecular complexity index is 829. The molecule has 0 radical (unpaired) electrons. The molecular formula is C18H19N3O4S2. The fourth-order valence-corrected chi connectivity index (χ4v) is 4.09. The molecule has 3 rings (SSSR count). The zero-order valence-electron chi connectivity index (χ0n) is 14.8. The van der Waals surface area contributed by atoms with E-state index in [0.717, 1.165) is 25.9 Å². The van der Waals surface area contributed by atoms with Gasteiger partial charge in [-0.1, -0.05) is 11.8 Å². The quantitative estimate of drug-likeness (QED) is 0.587. The third-order valence-electron chi connectivity index (χ3n) is 4.04. The molecule has 0 spiro atoms. The number of anilines is 1. The molecule has 27 heavy (non-hydrogen) atoms. The topological polar surface area (TPSA) is 88.6 Å². The number of aromatic nitrogens is 1. The maximum atomic E-state index is 12.3. The van der Waals surface area contributed by atoms with Gasteiger partial charge in [0.15, 0.2) is 0 Å². The molecule has 0 aliphatic carbocycles. The molecule has 1 N–H and O–H groups in total. The molecule has 0 bridgehead atoms. The SMILES string of the molecule is COC(=O)c1sccc1NC(=O)CSc1ccc(C(=O)N2CCCC2)cn1. The van der Waals surface area contributed by atoms with Crippen molar-refractivity contribution in [2.45, 2.75) is 17.9 Å². The summed E-state index contributed by atoms with van der Waals surface area (Å²) in [5, 5.41) is 5.07. The van der Waals surface area contributed by atoms with Crippen molar-refractivity contribution < 1.29 is 19.1 Å². The number of pyridine rings is 1. The molecule has 9 heteroatoms. The number of methoxy groups -OCH3 is 1. The predicted molar refractivity (Wildman–Crippen MR) is 104 cm³/mol. The molecule has 1 fully saturated rings. The largest absolute Gasteiger partial charge is 0.465 e. The van der Waals surface area contributed by atoms with E-state index in [9.17, 15) is 14.4 Å². The minimum absolute atomic E-state index is 0.00194. The van der Waals surface area contributed by atoms with Crippen molar-refractivity contribution in [3.63, 3.8) is 0 Å². The van der Waals surface area contributed by atoms with Gasteiger partial charge in [-0.2, -0.15) is 0 Å². The van der Waals surface area contributed by atoms with Crippen LogP contribution in [0, 0.1) is 0 Å². The maximum Gasteiger partial charge on any atom is 0.350 e. The lowest BCUT2D eigenvalue weighted by atomic mass is 10.2. The summed E-state index contributed by atoms with van der Waals surface area (Å²) >= 11 is 2.47. The fourth-order valence-electron chi connectivity index (χ4n) is 2.68. The van der Waals surface area contributed by atoms with E-state index >= 15 is 0 Å². The molecule has 1 saturated heterocycles. The van der Waals surface area contributed by atoms with Crippen LogP contribution in [0.15, 0.2) is 34.8 Å². The molecule has 2 aromatic heterocycles. The Morgan fingerprint density at radius 3 is 2.70 bits per heavy atom. The average Bonchev–Trinajstić information content (AvgIpc) is 3.38. The van der Waals surface area contributed by atoms with E-state index in [-0.39, 0.29) is 17.6 Å². The van der Waals surface area contributed by atoms with Crippen LogP contribution in [0.5, 0.6) is 0 Å². The molecule has 1 aliphatic heterocycles. The molecule has 0 saturated carbocycles. The minimum Gasteiger partial charge on any atom is -0.465 e. The van der Waals surface area contributed by atoms with Crippen molar-refractivity contribution >= 4 is 46.6 Å². The number of hydrogen-bond donors (Lipinski definition) is 1. The highest BCUT2D eigenvalue weighted by Gasteiger charge is 2.20. The molecule has 0 aromatic carbocycles. The summed E-state index contributed by atoms with van der Waals surface area (Å²) in [6.45, 7) is 1.59. The molecule has 1 aliphatic rings. The van der Waals surface area contributed by atoms with Gasteiger partial charge in [-0.3, -0.25) is 9.59 Å². The number of hydrogen-bond acceptors (Lipinski definition) is 7. The van der Waals surface area contributed by atoms with Gasteiger partial charge < -0.3 is 15.0 Å². The molecule has 0 atom stereocenters. The van der Waals surface area contributed by atoms with Crippen molar-refractivity contribution in [3.8, 4) is 0 Å². The second kappa shape index (κ2) is 9.01. The van der Waals surface area contributed by atoms with Gasteiger partial charge in [0, 0.05) is 19.3 Å². The van der Waals surface area contributed by atoms with E-state index in [1.807, 2.05) is 4.90 Å². The number of nitrogens with one attached hydrogen (secondary N) is 1. The lowest BCUT2D eigenvalue weighted by Gasteiger charge is -2.14. The van der Waals surface area contributed by atoms with Crippen LogP contribution in [-0.2, 0) is 9.53 Å². The summed E-state index contributed by atoms with van der Waals surface area (Å²) in [6.07, 6.45) is 3.64. The van der Waals surface area contributed by atoms with Gasteiger partial charge in [0.25, 0.3) is 5.91 Å². The van der Waals surface area contributed by atoms with Gasteiger partial charge in [0.1, 0.15) is 4.88 Å². The third-order valence-corrected chi connectivity index (χ3v) is 5.88. The molecule has 142 valence electrons. The first kappa shape index (κ1) is 19.4. The predicted octanol–water partition coefficient (Wildman–Crippen LogP) is 2.90. The van der Waals surface area contributed by atoms with E-state index in [2.05, 4.69) is 15.0 Å².